The summed E-state index contributed by atoms with van der Waals surface area (Å²) in [6.07, 6.45) is 2.31. The monoisotopic (exact) mass is 379 g/mol. The number of nitrogens with one attached hydrogen (secondary N) is 1. The van der Waals surface area contributed by atoms with Crippen LogP contribution in [-0.2, 0) is 17.9 Å². The molecule has 28 heavy (non-hydrogen) atoms. The second-order valence-corrected chi connectivity index (χ2v) is 7.92. The fourth-order valence-electron chi connectivity index (χ4n) is 4.41. The normalized spacial score (nSPS) is 21.4. The van der Waals surface area contributed by atoms with E-state index in [-0.39, 0.29) is 18.1 Å². The van der Waals surface area contributed by atoms with Crippen molar-refractivity contribution in [2.24, 2.45) is 0 Å². The molecule has 3 aliphatic rings. The fraction of sp³-hybridized carbons (Fsp3) is 0.455. The van der Waals surface area contributed by atoms with Crippen LogP contribution in [0.25, 0.3) is 0 Å². The fourth-order valence-corrected chi connectivity index (χ4v) is 4.41. The molecule has 3 aliphatic heterocycles. The second kappa shape index (κ2) is 6.78. The lowest BCUT2D eigenvalue weighted by atomic mass is 10.0. The number of fused-ring (bicyclic) bond motifs is 2. The average Bonchev–Trinajstić information content (AvgIpc) is 3.25. The molecule has 2 aromatic rings. The van der Waals surface area contributed by atoms with Gasteiger partial charge in [0.1, 0.15) is 17.7 Å². The number of ether oxygens (including phenoxy) is 2. The van der Waals surface area contributed by atoms with Crippen LogP contribution in [0.4, 0.5) is 5.82 Å². The van der Waals surface area contributed by atoms with E-state index in [9.17, 15) is 4.79 Å². The first-order valence-electron chi connectivity index (χ1n) is 10.0. The highest BCUT2D eigenvalue weighted by Gasteiger charge is 2.27. The molecule has 0 spiro atoms. The van der Waals surface area contributed by atoms with E-state index < -0.39 is 0 Å². The Morgan fingerprint density at radius 3 is 2.89 bits per heavy atom. The number of piperidine rings is 1. The summed E-state index contributed by atoms with van der Waals surface area (Å²) in [7, 11) is 0. The number of nitrogens with zero attached hydrogens (tertiary/aromatic N) is 2. The van der Waals surface area contributed by atoms with Crippen molar-refractivity contribution in [1.29, 1.82) is 0 Å². The number of amides is 1. The molecule has 6 heteroatoms. The molecule has 0 saturated carbocycles. The van der Waals surface area contributed by atoms with Crippen molar-refractivity contribution in [3.05, 3.63) is 52.2 Å². The van der Waals surface area contributed by atoms with Crippen LogP contribution < -0.4 is 15.0 Å². The van der Waals surface area contributed by atoms with E-state index in [0.29, 0.717) is 13.2 Å². The summed E-state index contributed by atoms with van der Waals surface area (Å²) in [6, 6.07) is 8.29. The number of pyridine rings is 1. The number of carbonyl (C=O) groups is 1. The molecular weight excluding hydrogens is 354 g/mol. The molecule has 0 unspecified atom stereocenters. The van der Waals surface area contributed by atoms with Crippen LogP contribution in [0.2, 0.25) is 0 Å². The molecule has 1 aromatic carbocycles. The molecular formula is C22H25N3O3. The predicted molar refractivity (Wildman–Crippen MR) is 106 cm³/mol. The van der Waals surface area contributed by atoms with Crippen molar-refractivity contribution >= 4 is 11.7 Å². The maximum Gasteiger partial charge on any atom is 0.253 e. The predicted octanol–water partition coefficient (Wildman–Crippen LogP) is 3.27. The first-order valence-corrected chi connectivity index (χ1v) is 10.0. The van der Waals surface area contributed by atoms with Crippen LogP contribution in [-0.4, -0.2) is 30.1 Å². The number of aryl methyl sites for hydroxylation is 1. The second-order valence-electron chi connectivity index (χ2n) is 7.92. The number of benzene rings is 1. The minimum Gasteiger partial charge on any atom is -0.490 e. The molecule has 4 heterocycles. The van der Waals surface area contributed by atoms with Gasteiger partial charge in [-0.05, 0) is 48.7 Å². The Hall–Kier alpha value is -2.60. The van der Waals surface area contributed by atoms with E-state index in [2.05, 4.69) is 35.3 Å². The third kappa shape index (κ3) is 3.02. The largest absolute Gasteiger partial charge is 0.490 e. The van der Waals surface area contributed by atoms with E-state index in [0.717, 1.165) is 54.3 Å². The van der Waals surface area contributed by atoms with Crippen LogP contribution >= 0.6 is 0 Å². The molecule has 1 saturated heterocycles. The Morgan fingerprint density at radius 1 is 1.25 bits per heavy atom. The minimum atomic E-state index is -0.0154. The summed E-state index contributed by atoms with van der Waals surface area (Å²) in [4.78, 5) is 18.9. The smallest absolute Gasteiger partial charge is 0.253 e. The summed E-state index contributed by atoms with van der Waals surface area (Å²) < 4.78 is 11.9. The van der Waals surface area contributed by atoms with Crippen molar-refractivity contribution in [1.82, 2.24) is 10.3 Å². The standard InChI is InChI=1S/C22H25N3O3/c1-13-9-19-20(11-23-22(19)26)24-21(13)25-7-5-16(6-8-25)28-17-3-4-18-14(2)27-12-15(18)10-17/h3-4,9-10,14,16H,5-8,11-12H2,1-2H3,(H,23,26)/t14-/m0/s1. The van der Waals surface area contributed by atoms with Gasteiger partial charge in [-0.1, -0.05) is 6.07 Å². The van der Waals surface area contributed by atoms with Crippen molar-refractivity contribution in [2.75, 3.05) is 18.0 Å². The van der Waals surface area contributed by atoms with Gasteiger partial charge in [-0.15, -0.1) is 0 Å². The van der Waals surface area contributed by atoms with Gasteiger partial charge in [0.25, 0.3) is 5.91 Å². The van der Waals surface area contributed by atoms with E-state index in [1.54, 1.807) is 0 Å². The molecule has 0 aliphatic carbocycles. The van der Waals surface area contributed by atoms with Crippen molar-refractivity contribution in [3.63, 3.8) is 0 Å². The molecule has 1 amide bonds. The van der Waals surface area contributed by atoms with Gasteiger partial charge in [0.2, 0.25) is 0 Å². The number of aromatic nitrogens is 1. The van der Waals surface area contributed by atoms with Gasteiger partial charge in [0, 0.05) is 25.9 Å². The molecule has 1 fully saturated rings. The number of rotatable bonds is 3. The molecule has 1 aromatic heterocycles. The van der Waals surface area contributed by atoms with E-state index in [1.807, 2.05) is 13.0 Å². The van der Waals surface area contributed by atoms with Gasteiger partial charge in [0.05, 0.1) is 30.5 Å². The third-order valence-corrected chi connectivity index (χ3v) is 6.01. The van der Waals surface area contributed by atoms with Gasteiger partial charge in [-0.2, -0.15) is 0 Å². The van der Waals surface area contributed by atoms with Crippen LogP contribution in [0, 0.1) is 6.92 Å². The zero-order valence-electron chi connectivity index (χ0n) is 16.3. The Kier molecular flexibility index (Phi) is 4.23. The topological polar surface area (TPSA) is 63.7 Å². The first kappa shape index (κ1) is 17.5. The molecule has 146 valence electrons. The van der Waals surface area contributed by atoms with Crippen LogP contribution in [0.15, 0.2) is 24.3 Å². The maximum atomic E-state index is 11.8. The zero-order chi connectivity index (χ0) is 19.3. The number of hydrogen-bond donors (Lipinski definition) is 1. The third-order valence-electron chi connectivity index (χ3n) is 6.01. The van der Waals surface area contributed by atoms with Crippen LogP contribution in [0.1, 0.15) is 58.6 Å². The Balaban J connectivity index is 1.24. The number of carbonyl (C=O) groups excluding carboxylic acids is 1. The van der Waals surface area contributed by atoms with Gasteiger partial charge < -0.3 is 19.7 Å². The van der Waals surface area contributed by atoms with E-state index in [1.165, 1.54) is 11.1 Å². The first-order chi connectivity index (χ1) is 13.6. The number of hydrogen-bond acceptors (Lipinski definition) is 5. The lowest BCUT2D eigenvalue weighted by molar-refractivity contribution is 0.0795. The molecule has 1 N–H and O–H groups in total. The Morgan fingerprint density at radius 2 is 2.07 bits per heavy atom. The highest BCUT2D eigenvalue weighted by atomic mass is 16.5. The van der Waals surface area contributed by atoms with Crippen molar-refractivity contribution in [3.8, 4) is 5.75 Å². The lowest BCUT2D eigenvalue weighted by Crippen LogP contribution is -2.39. The highest BCUT2D eigenvalue weighted by molar-refractivity contribution is 5.98. The summed E-state index contributed by atoms with van der Waals surface area (Å²) in [6.45, 7) is 7.13. The average molecular weight is 379 g/mol. The van der Waals surface area contributed by atoms with Crippen LogP contribution in [0.3, 0.4) is 0 Å². The molecule has 0 radical (unpaired) electrons. The zero-order valence-corrected chi connectivity index (χ0v) is 16.3. The summed E-state index contributed by atoms with van der Waals surface area (Å²) in [5.41, 5.74) is 5.15. The number of anilines is 1. The van der Waals surface area contributed by atoms with Gasteiger partial charge in [0.15, 0.2) is 0 Å². The summed E-state index contributed by atoms with van der Waals surface area (Å²) in [5.74, 6) is 1.92. The molecule has 5 rings (SSSR count). The Labute approximate surface area is 164 Å². The summed E-state index contributed by atoms with van der Waals surface area (Å²) >= 11 is 0. The SMILES string of the molecule is Cc1cc2c(nc1N1CCC(Oc3ccc4c(c3)CO[C@H]4C)CC1)CNC2=O. The maximum absolute atomic E-state index is 11.8. The lowest BCUT2D eigenvalue weighted by Gasteiger charge is -2.34. The quantitative estimate of drug-likeness (QED) is 0.887. The van der Waals surface area contributed by atoms with E-state index in [4.69, 9.17) is 14.5 Å². The molecule has 1 atom stereocenters. The van der Waals surface area contributed by atoms with Crippen LogP contribution in [0.5, 0.6) is 5.75 Å². The van der Waals surface area contributed by atoms with Gasteiger partial charge in [-0.3, -0.25) is 4.79 Å². The minimum absolute atomic E-state index is 0.0154. The molecule has 0 bridgehead atoms. The highest BCUT2D eigenvalue weighted by Crippen LogP contribution is 2.33. The van der Waals surface area contributed by atoms with Crippen molar-refractivity contribution in [2.45, 2.75) is 52.0 Å². The van der Waals surface area contributed by atoms with Gasteiger partial charge >= 0.3 is 0 Å². The van der Waals surface area contributed by atoms with Crippen molar-refractivity contribution < 1.29 is 14.3 Å². The molecule has 6 nitrogen and oxygen atoms in total. The Bertz CT molecular complexity index is 935. The van der Waals surface area contributed by atoms with E-state index >= 15 is 0 Å². The summed E-state index contributed by atoms with van der Waals surface area (Å²) in [5, 5.41) is 2.85. The van der Waals surface area contributed by atoms with Gasteiger partial charge in [-0.25, -0.2) is 4.98 Å².